The van der Waals surface area contributed by atoms with E-state index in [1.54, 1.807) is 36.7 Å². The first-order chi connectivity index (χ1) is 15.3. The number of pyridine rings is 1. The van der Waals surface area contributed by atoms with E-state index in [1.165, 1.54) is 9.80 Å². The number of para-hydroxylation sites is 1. The Kier molecular flexibility index (Phi) is 6.15. The van der Waals surface area contributed by atoms with Gasteiger partial charge in [0.25, 0.3) is 0 Å². The second kappa shape index (κ2) is 8.86. The number of aromatic nitrogens is 1. The maximum absolute atomic E-state index is 13.8. The SMILES string of the molecule is CCc1cc(N(C(=O)N2CCc3cc(SC)c(C(F)(F)F)cc32)c2ccccc2)ccn1. The van der Waals surface area contributed by atoms with Gasteiger partial charge in [0, 0.05) is 29.0 Å². The van der Waals surface area contributed by atoms with Crippen molar-refractivity contribution in [3.05, 3.63) is 77.6 Å². The topological polar surface area (TPSA) is 36.4 Å². The highest BCUT2D eigenvalue weighted by Gasteiger charge is 2.38. The van der Waals surface area contributed by atoms with Crippen LogP contribution in [0.4, 0.5) is 35.0 Å². The number of carbonyl (C=O) groups is 1. The normalized spacial score (nSPS) is 13.2. The van der Waals surface area contributed by atoms with Gasteiger partial charge >= 0.3 is 12.2 Å². The number of hydrogen-bond donors (Lipinski definition) is 0. The van der Waals surface area contributed by atoms with Crippen molar-refractivity contribution in [3.63, 3.8) is 0 Å². The average Bonchev–Trinajstić information content (AvgIpc) is 3.21. The number of fused-ring (bicyclic) bond motifs is 1. The van der Waals surface area contributed by atoms with Crippen LogP contribution < -0.4 is 9.80 Å². The number of halogens is 3. The summed E-state index contributed by atoms with van der Waals surface area (Å²) in [5.41, 5.74) is 2.42. The number of nitrogens with zero attached hydrogens (tertiary/aromatic N) is 3. The molecule has 4 rings (SSSR count). The summed E-state index contributed by atoms with van der Waals surface area (Å²) in [6, 6.07) is 14.9. The molecule has 0 fully saturated rings. The molecule has 8 heteroatoms. The largest absolute Gasteiger partial charge is 0.417 e. The zero-order valence-electron chi connectivity index (χ0n) is 17.7. The molecule has 1 aromatic heterocycles. The van der Waals surface area contributed by atoms with E-state index in [4.69, 9.17) is 0 Å². The van der Waals surface area contributed by atoms with Crippen molar-refractivity contribution in [2.45, 2.75) is 30.8 Å². The second-order valence-electron chi connectivity index (χ2n) is 7.39. The molecule has 0 radical (unpaired) electrons. The molecular weight excluding hydrogens is 435 g/mol. The number of alkyl halides is 3. The Balaban J connectivity index is 1.80. The molecule has 2 aromatic carbocycles. The van der Waals surface area contributed by atoms with E-state index in [1.807, 2.05) is 31.2 Å². The summed E-state index contributed by atoms with van der Waals surface area (Å²) in [5, 5.41) is 0. The Labute approximate surface area is 189 Å². The molecule has 2 amide bonds. The van der Waals surface area contributed by atoms with Gasteiger partial charge in [-0.15, -0.1) is 11.8 Å². The molecule has 32 heavy (non-hydrogen) atoms. The van der Waals surface area contributed by atoms with E-state index in [2.05, 4.69) is 4.98 Å². The molecule has 1 aliphatic heterocycles. The zero-order valence-corrected chi connectivity index (χ0v) is 18.5. The van der Waals surface area contributed by atoms with Crippen LogP contribution >= 0.6 is 11.8 Å². The van der Waals surface area contributed by atoms with Gasteiger partial charge < -0.3 is 0 Å². The van der Waals surface area contributed by atoms with Crippen molar-refractivity contribution in [1.82, 2.24) is 4.98 Å². The van der Waals surface area contributed by atoms with Crippen molar-refractivity contribution in [3.8, 4) is 0 Å². The number of amides is 2. The van der Waals surface area contributed by atoms with Crippen LogP contribution in [0.15, 0.2) is 65.7 Å². The van der Waals surface area contributed by atoms with Gasteiger partial charge in [0.2, 0.25) is 0 Å². The molecule has 0 spiro atoms. The average molecular weight is 458 g/mol. The first kappa shape index (κ1) is 22.2. The highest BCUT2D eigenvalue weighted by Crippen LogP contribution is 2.42. The van der Waals surface area contributed by atoms with E-state index in [-0.39, 0.29) is 4.90 Å². The van der Waals surface area contributed by atoms with Crippen LogP contribution in [0.1, 0.15) is 23.7 Å². The molecule has 3 aromatic rings. The number of carbonyl (C=O) groups excluding carboxylic acids is 1. The van der Waals surface area contributed by atoms with Crippen LogP contribution in [0.3, 0.4) is 0 Å². The van der Waals surface area contributed by atoms with Crippen LogP contribution in [-0.2, 0) is 19.0 Å². The van der Waals surface area contributed by atoms with Crippen molar-refractivity contribution < 1.29 is 18.0 Å². The lowest BCUT2D eigenvalue weighted by Crippen LogP contribution is -2.40. The number of hydrogen-bond acceptors (Lipinski definition) is 3. The standard InChI is InChI=1S/C24H22F3N3OS/c1-3-17-14-19(9-11-28-17)30(18-7-5-4-6-8-18)23(31)29-12-10-16-13-22(32-2)20(15-21(16)29)24(25,26)27/h4-9,11,13-15H,3,10,12H2,1-2H3. The molecule has 4 nitrogen and oxygen atoms in total. The number of thioether (sulfide) groups is 1. The van der Waals surface area contributed by atoms with Gasteiger partial charge in [0.15, 0.2) is 0 Å². The van der Waals surface area contributed by atoms with E-state index in [9.17, 15) is 18.0 Å². The number of aryl methyl sites for hydroxylation is 1. The van der Waals surface area contributed by atoms with Gasteiger partial charge in [-0.25, -0.2) is 4.79 Å². The molecule has 0 N–H and O–H groups in total. The predicted octanol–water partition coefficient (Wildman–Crippen LogP) is 6.71. The monoisotopic (exact) mass is 457 g/mol. The Morgan fingerprint density at radius 3 is 2.53 bits per heavy atom. The van der Waals surface area contributed by atoms with E-state index >= 15 is 0 Å². The summed E-state index contributed by atoms with van der Waals surface area (Å²) < 4.78 is 41.0. The van der Waals surface area contributed by atoms with Gasteiger partial charge in [0.1, 0.15) is 0 Å². The molecule has 0 saturated heterocycles. The lowest BCUT2D eigenvalue weighted by molar-refractivity contribution is -0.139. The fourth-order valence-corrected chi connectivity index (χ4v) is 4.52. The third kappa shape index (κ3) is 4.19. The molecular formula is C24H22F3N3OS. The van der Waals surface area contributed by atoms with E-state index < -0.39 is 17.8 Å². The first-order valence-corrected chi connectivity index (χ1v) is 11.5. The number of rotatable bonds is 4. The molecule has 0 unspecified atom stereocenters. The molecule has 0 atom stereocenters. The molecule has 0 bridgehead atoms. The van der Waals surface area contributed by atoms with E-state index in [0.29, 0.717) is 36.4 Å². The fourth-order valence-electron chi connectivity index (χ4n) is 3.87. The molecule has 2 heterocycles. The highest BCUT2D eigenvalue weighted by atomic mass is 32.2. The minimum Gasteiger partial charge on any atom is -0.293 e. The molecule has 166 valence electrons. The minimum atomic E-state index is -4.50. The molecule has 0 aliphatic carbocycles. The summed E-state index contributed by atoms with van der Waals surface area (Å²) >= 11 is 1.06. The summed E-state index contributed by atoms with van der Waals surface area (Å²) in [4.78, 5) is 21.2. The van der Waals surface area contributed by atoms with Gasteiger partial charge in [-0.2, -0.15) is 13.2 Å². The number of urea groups is 1. The van der Waals surface area contributed by atoms with Crippen LogP contribution in [-0.4, -0.2) is 23.8 Å². The molecule has 1 aliphatic rings. The lowest BCUT2D eigenvalue weighted by Gasteiger charge is -2.29. The van der Waals surface area contributed by atoms with Gasteiger partial charge in [0.05, 0.1) is 16.9 Å². The van der Waals surface area contributed by atoms with Crippen molar-refractivity contribution in [1.29, 1.82) is 0 Å². The summed E-state index contributed by atoms with van der Waals surface area (Å²) in [6.45, 7) is 2.29. The van der Waals surface area contributed by atoms with Crippen LogP contribution in [0.5, 0.6) is 0 Å². The van der Waals surface area contributed by atoms with Gasteiger partial charge in [-0.05, 0) is 61.1 Å². The maximum Gasteiger partial charge on any atom is 0.417 e. The van der Waals surface area contributed by atoms with Crippen LogP contribution in [0.2, 0.25) is 0 Å². The van der Waals surface area contributed by atoms with Gasteiger partial charge in [-0.1, -0.05) is 25.1 Å². The van der Waals surface area contributed by atoms with E-state index in [0.717, 1.165) is 29.1 Å². The smallest absolute Gasteiger partial charge is 0.293 e. The Morgan fingerprint density at radius 1 is 1.12 bits per heavy atom. The second-order valence-corrected chi connectivity index (χ2v) is 8.24. The number of anilines is 3. The number of benzene rings is 2. The Morgan fingerprint density at radius 2 is 1.88 bits per heavy atom. The third-order valence-corrected chi connectivity index (χ3v) is 6.24. The quantitative estimate of drug-likeness (QED) is 0.409. The zero-order chi connectivity index (χ0) is 22.9. The predicted molar refractivity (Wildman–Crippen MR) is 122 cm³/mol. The molecule has 0 saturated carbocycles. The van der Waals surface area contributed by atoms with Crippen molar-refractivity contribution >= 4 is 34.9 Å². The maximum atomic E-state index is 13.8. The Hall–Kier alpha value is -3.00. The lowest BCUT2D eigenvalue weighted by atomic mass is 10.1. The van der Waals surface area contributed by atoms with Gasteiger partial charge in [-0.3, -0.25) is 14.8 Å². The first-order valence-electron chi connectivity index (χ1n) is 10.2. The summed E-state index contributed by atoms with van der Waals surface area (Å²) in [5.74, 6) is 0. The van der Waals surface area contributed by atoms with Crippen LogP contribution in [0.25, 0.3) is 0 Å². The van der Waals surface area contributed by atoms with Crippen molar-refractivity contribution in [2.24, 2.45) is 0 Å². The summed E-state index contributed by atoms with van der Waals surface area (Å²) in [6.07, 6.45) is -0.0248. The fraction of sp³-hybridized carbons (Fsp3) is 0.250. The van der Waals surface area contributed by atoms with Crippen molar-refractivity contribution in [2.75, 3.05) is 22.6 Å². The Bertz CT molecular complexity index is 1140. The van der Waals surface area contributed by atoms with Crippen LogP contribution in [0, 0.1) is 0 Å². The highest BCUT2D eigenvalue weighted by molar-refractivity contribution is 7.98. The summed E-state index contributed by atoms with van der Waals surface area (Å²) in [7, 11) is 0. The minimum absolute atomic E-state index is 0.173. The third-order valence-electron chi connectivity index (χ3n) is 5.46.